The molecule has 6 nitrogen and oxygen atoms in total. The highest BCUT2D eigenvalue weighted by Crippen LogP contribution is 2.19. The lowest BCUT2D eigenvalue weighted by molar-refractivity contribution is -0.149. The molecule has 1 atom stereocenters. The summed E-state index contributed by atoms with van der Waals surface area (Å²) in [4.78, 5) is 41.3. The zero-order valence-electron chi connectivity index (χ0n) is 11.9. The Hall–Kier alpha value is -2.50. The van der Waals surface area contributed by atoms with E-state index in [9.17, 15) is 19.2 Å². The third-order valence-electron chi connectivity index (χ3n) is 2.70. The first-order valence-corrected chi connectivity index (χ1v) is 6.43. The molecule has 0 heterocycles. The molecular formula is C15H18O6. The summed E-state index contributed by atoms with van der Waals surface area (Å²) in [5.41, 5.74) is 0.766. The first-order valence-electron chi connectivity index (χ1n) is 6.43. The summed E-state index contributed by atoms with van der Waals surface area (Å²) in [6.45, 7) is 3.31. The largest absolute Gasteiger partial charge is 0.476 e. The third-order valence-corrected chi connectivity index (χ3v) is 2.70. The predicted octanol–water partition coefficient (Wildman–Crippen LogP) is 1.88. The Kier molecular flexibility index (Phi) is 8.29. The number of benzene rings is 1. The SMILES string of the molecule is CCC(=O)C(=O)O.CCC(C(=O)C(=O)O)c1ccccc1. The van der Waals surface area contributed by atoms with Crippen LogP contribution in [0, 0.1) is 0 Å². The summed E-state index contributed by atoms with van der Waals surface area (Å²) in [5, 5.41) is 16.4. The van der Waals surface area contributed by atoms with Crippen molar-refractivity contribution in [3.63, 3.8) is 0 Å². The van der Waals surface area contributed by atoms with Crippen molar-refractivity contribution in [3.05, 3.63) is 35.9 Å². The average Bonchev–Trinajstić information content (AvgIpc) is 2.48. The van der Waals surface area contributed by atoms with E-state index in [1.807, 2.05) is 6.07 Å². The fourth-order valence-electron chi connectivity index (χ4n) is 1.56. The number of hydrogen-bond acceptors (Lipinski definition) is 4. The molecule has 1 rings (SSSR count). The molecule has 0 aromatic heterocycles. The van der Waals surface area contributed by atoms with E-state index in [1.165, 1.54) is 6.92 Å². The molecule has 0 bridgehead atoms. The number of hydrogen-bond donors (Lipinski definition) is 2. The minimum Gasteiger partial charge on any atom is -0.476 e. The van der Waals surface area contributed by atoms with Gasteiger partial charge in [-0.3, -0.25) is 9.59 Å². The molecule has 0 aliphatic carbocycles. The van der Waals surface area contributed by atoms with E-state index in [0.717, 1.165) is 5.56 Å². The molecule has 0 radical (unpaired) electrons. The van der Waals surface area contributed by atoms with Crippen molar-refractivity contribution >= 4 is 23.5 Å². The molecule has 0 aliphatic rings. The van der Waals surface area contributed by atoms with Gasteiger partial charge in [-0.05, 0) is 12.0 Å². The van der Waals surface area contributed by atoms with Crippen LogP contribution in [-0.4, -0.2) is 33.7 Å². The van der Waals surface area contributed by atoms with Gasteiger partial charge in [0.1, 0.15) is 0 Å². The Labute approximate surface area is 122 Å². The predicted molar refractivity (Wildman–Crippen MR) is 75.1 cm³/mol. The minimum atomic E-state index is -1.36. The van der Waals surface area contributed by atoms with Crippen molar-refractivity contribution in [1.29, 1.82) is 0 Å². The second-order valence-corrected chi connectivity index (χ2v) is 4.12. The average molecular weight is 294 g/mol. The van der Waals surface area contributed by atoms with Crippen LogP contribution in [0.3, 0.4) is 0 Å². The molecule has 1 aromatic rings. The van der Waals surface area contributed by atoms with Gasteiger partial charge in [-0.15, -0.1) is 0 Å². The second kappa shape index (κ2) is 9.41. The highest BCUT2D eigenvalue weighted by molar-refractivity contribution is 6.35. The smallest absolute Gasteiger partial charge is 0.372 e. The number of ketones is 2. The topological polar surface area (TPSA) is 109 Å². The maximum atomic E-state index is 11.3. The lowest BCUT2D eigenvalue weighted by atomic mass is 9.92. The number of Topliss-reactive ketones (excluding diaryl/α,β-unsaturated/α-hetero) is 2. The van der Waals surface area contributed by atoms with Crippen LogP contribution in [0.5, 0.6) is 0 Å². The lowest BCUT2D eigenvalue weighted by Crippen LogP contribution is -2.21. The van der Waals surface area contributed by atoms with E-state index in [2.05, 4.69) is 0 Å². The van der Waals surface area contributed by atoms with E-state index >= 15 is 0 Å². The number of carboxylic acid groups (broad SMARTS) is 2. The van der Waals surface area contributed by atoms with Gasteiger partial charge in [-0.2, -0.15) is 0 Å². The van der Waals surface area contributed by atoms with Crippen LogP contribution >= 0.6 is 0 Å². The van der Waals surface area contributed by atoms with Crippen molar-refractivity contribution in [1.82, 2.24) is 0 Å². The molecule has 0 saturated carbocycles. The van der Waals surface area contributed by atoms with Crippen LogP contribution in [0.2, 0.25) is 0 Å². The maximum absolute atomic E-state index is 11.3. The summed E-state index contributed by atoms with van der Waals surface area (Å²) in [6, 6.07) is 8.98. The van der Waals surface area contributed by atoms with Gasteiger partial charge in [0.05, 0.1) is 5.92 Å². The normalized spacial score (nSPS) is 10.8. The number of aliphatic carboxylic acids is 2. The van der Waals surface area contributed by atoms with E-state index in [0.29, 0.717) is 6.42 Å². The standard InChI is InChI=1S/C11H12O3.C4H6O3/c1-2-9(10(12)11(13)14)8-6-4-3-5-7-8;1-2-3(5)4(6)7/h3-7,9H,2H2,1H3,(H,13,14);2H2,1H3,(H,6,7). The van der Waals surface area contributed by atoms with Gasteiger partial charge < -0.3 is 10.2 Å². The molecular weight excluding hydrogens is 276 g/mol. The fraction of sp³-hybridized carbons (Fsp3) is 0.333. The molecule has 0 amide bonds. The fourth-order valence-corrected chi connectivity index (χ4v) is 1.56. The zero-order chi connectivity index (χ0) is 16.4. The first kappa shape index (κ1) is 18.5. The van der Waals surface area contributed by atoms with Crippen molar-refractivity contribution in [3.8, 4) is 0 Å². The third kappa shape index (κ3) is 6.47. The molecule has 6 heteroatoms. The quantitative estimate of drug-likeness (QED) is 0.775. The van der Waals surface area contributed by atoms with Gasteiger partial charge in [0.15, 0.2) is 0 Å². The van der Waals surface area contributed by atoms with Crippen LogP contribution < -0.4 is 0 Å². The second-order valence-electron chi connectivity index (χ2n) is 4.12. The van der Waals surface area contributed by atoms with Crippen LogP contribution in [0.25, 0.3) is 0 Å². The number of carbonyl (C=O) groups is 4. The number of carboxylic acids is 2. The van der Waals surface area contributed by atoms with Gasteiger partial charge in [0.2, 0.25) is 11.6 Å². The Morgan fingerprint density at radius 3 is 1.76 bits per heavy atom. The van der Waals surface area contributed by atoms with Crippen molar-refractivity contribution < 1.29 is 29.4 Å². The minimum absolute atomic E-state index is 0.0787. The Morgan fingerprint density at radius 2 is 1.48 bits per heavy atom. The molecule has 0 spiro atoms. The summed E-state index contributed by atoms with van der Waals surface area (Å²) in [5.74, 6) is -4.70. The van der Waals surface area contributed by atoms with E-state index in [-0.39, 0.29) is 6.42 Å². The molecule has 114 valence electrons. The Balaban J connectivity index is 0.000000486. The van der Waals surface area contributed by atoms with Crippen LogP contribution in [0.1, 0.15) is 38.2 Å². The van der Waals surface area contributed by atoms with Gasteiger partial charge in [0.25, 0.3) is 0 Å². The summed E-state index contributed by atoms with van der Waals surface area (Å²) in [6.07, 6.45) is 0.588. The summed E-state index contributed by atoms with van der Waals surface area (Å²) < 4.78 is 0. The molecule has 1 unspecified atom stereocenters. The molecule has 21 heavy (non-hydrogen) atoms. The van der Waals surface area contributed by atoms with E-state index in [1.54, 1.807) is 31.2 Å². The van der Waals surface area contributed by atoms with Crippen molar-refractivity contribution in [2.75, 3.05) is 0 Å². The highest BCUT2D eigenvalue weighted by Gasteiger charge is 2.24. The highest BCUT2D eigenvalue weighted by atomic mass is 16.4. The molecule has 0 saturated heterocycles. The molecule has 1 aromatic carbocycles. The molecule has 0 fully saturated rings. The Morgan fingerprint density at radius 1 is 0.952 bits per heavy atom. The van der Waals surface area contributed by atoms with E-state index in [4.69, 9.17) is 10.2 Å². The maximum Gasteiger partial charge on any atom is 0.372 e. The van der Waals surface area contributed by atoms with Gasteiger partial charge >= 0.3 is 11.9 Å². The molecule has 0 aliphatic heterocycles. The van der Waals surface area contributed by atoms with Gasteiger partial charge in [-0.25, -0.2) is 9.59 Å². The van der Waals surface area contributed by atoms with Crippen LogP contribution in [-0.2, 0) is 19.2 Å². The van der Waals surface area contributed by atoms with E-state index < -0.39 is 29.4 Å². The summed E-state index contributed by atoms with van der Waals surface area (Å²) >= 11 is 0. The van der Waals surface area contributed by atoms with Gasteiger partial charge in [-0.1, -0.05) is 44.2 Å². The number of carbonyl (C=O) groups excluding carboxylic acids is 2. The van der Waals surface area contributed by atoms with Crippen molar-refractivity contribution in [2.24, 2.45) is 0 Å². The molecule has 2 N–H and O–H groups in total. The lowest BCUT2D eigenvalue weighted by Gasteiger charge is -2.10. The van der Waals surface area contributed by atoms with Crippen LogP contribution in [0.15, 0.2) is 30.3 Å². The first-order chi connectivity index (χ1) is 9.84. The number of rotatable bonds is 6. The van der Waals surface area contributed by atoms with Crippen LogP contribution in [0.4, 0.5) is 0 Å². The van der Waals surface area contributed by atoms with Gasteiger partial charge in [0, 0.05) is 6.42 Å². The monoisotopic (exact) mass is 294 g/mol. The summed E-state index contributed by atoms with van der Waals surface area (Å²) in [7, 11) is 0. The van der Waals surface area contributed by atoms with Crippen molar-refractivity contribution in [2.45, 2.75) is 32.6 Å². The Bertz CT molecular complexity index is 506. The zero-order valence-corrected chi connectivity index (χ0v) is 11.9.